The molecule has 0 aliphatic rings. The van der Waals surface area contributed by atoms with Crippen LogP contribution in [0.25, 0.3) is 0 Å². The van der Waals surface area contributed by atoms with Crippen LogP contribution in [-0.2, 0) is 9.59 Å². The molecule has 0 aromatic carbocycles. The van der Waals surface area contributed by atoms with Crippen molar-refractivity contribution in [1.82, 2.24) is 0 Å². The predicted octanol–water partition coefficient (Wildman–Crippen LogP) is 3.88. The highest BCUT2D eigenvalue weighted by molar-refractivity contribution is 5.85. The summed E-state index contributed by atoms with van der Waals surface area (Å²) in [6, 6.07) is 0. The first-order chi connectivity index (χ1) is 6.80. The summed E-state index contributed by atoms with van der Waals surface area (Å²) in [4.78, 5) is 21.6. The van der Waals surface area contributed by atoms with E-state index in [0.717, 1.165) is 0 Å². The zero-order valence-electron chi connectivity index (χ0n) is 12.4. The van der Waals surface area contributed by atoms with Gasteiger partial charge in [0.05, 0.1) is 0 Å². The molecule has 0 bridgehead atoms. The highest BCUT2D eigenvalue weighted by Gasteiger charge is 2.23. The molecule has 0 aliphatic heterocycles. The summed E-state index contributed by atoms with van der Waals surface area (Å²) in [5, 5.41) is 0. The number of rotatable bonds is 1. The maximum absolute atomic E-state index is 11.2. The van der Waals surface area contributed by atoms with Gasteiger partial charge in [0.25, 0.3) is 0 Å². The Bertz CT molecular complexity index is 236. The minimum atomic E-state index is -0.159. The Kier molecular flexibility index (Phi) is 6.83. The number of hydrogen-bond donors (Lipinski definition) is 0. The van der Waals surface area contributed by atoms with E-state index in [9.17, 15) is 9.59 Å². The molecule has 0 spiro atoms. The number of Topliss-reactive ketones (excluding diaryl/α,β-unsaturated/α-hetero) is 2. The maximum Gasteiger partial charge on any atom is 0.140 e. The van der Waals surface area contributed by atoms with Crippen LogP contribution in [0.3, 0.4) is 0 Å². The van der Waals surface area contributed by atoms with Gasteiger partial charge in [-0.25, -0.2) is 0 Å². The van der Waals surface area contributed by atoms with E-state index in [1.165, 1.54) is 0 Å². The molecule has 0 N–H and O–H groups in total. The molecule has 0 rings (SSSR count). The molecule has 0 saturated heterocycles. The number of carbonyl (C=O) groups excluding carboxylic acids is 2. The third-order valence-corrected chi connectivity index (χ3v) is 2.32. The lowest BCUT2D eigenvalue weighted by Crippen LogP contribution is -2.24. The van der Waals surface area contributed by atoms with Gasteiger partial charge in [0.1, 0.15) is 11.6 Å². The number of ketones is 2. The molecule has 0 unspecified atom stereocenters. The molecule has 0 saturated carbocycles. The van der Waals surface area contributed by atoms with Crippen LogP contribution in [-0.4, -0.2) is 11.6 Å². The Labute approximate surface area is 101 Å². The lowest BCUT2D eigenvalue weighted by atomic mass is 9.85. The molecular formula is C14H28O2. The van der Waals surface area contributed by atoms with Crippen molar-refractivity contribution in [3.05, 3.63) is 0 Å². The Morgan fingerprint density at radius 1 is 0.812 bits per heavy atom. The van der Waals surface area contributed by atoms with Gasteiger partial charge in [-0.1, -0.05) is 55.4 Å². The van der Waals surface area contributed by atoms with E-state index >= 15 is 0 Å². The van der Waals surface area contributed by atoms with Crippen LogP contribution in [0, 0.1) is 16.7 Å². The van der Waals surface area contributed by atoms with Gasteiger partial charge in [0.15, 0.2) is 0 Å². The zero-order valence-corrected chi connectivity index (χ0v) is 12.4. The van der Waals surface area contributed by atoms with Crippen LogP contribution in [0.4, 0.5) is 0 Å². The molecule has 0 radical (unpaired) electrons. The third-order valence-electron chi connectivity index (χ3n) is 2.32. The molecular weight excluding hydrogens is 200 g/mol. The summed E-state index contributed by atoms with van der Waals surface area (Å²) in [5.74, 6) is 0.750. The van der Waals surface area contributed by atoms with Gasteiger partial charge >= 0.3 is 0 Å². The largest absolute Gasteiger partial charge is 0.299 e. The highest BCUT2D eigenvalue weighted by Crippen LogP contribution is 2.19. The van der Waals surface area contributed by atoms with Crippen molar-refractivity contribution in [3.8, 4) is 0 Å². The van der Waals surface area contributed by atoms with E-state index in [1.807, 2.05) is 55.4 Å². The minimum Gasteiger partial charge on any atom is -0.299 e. The van der Waals surface area contributed by atoms with Crippen molar-refractivity contribution in [3.63, 3.8) is 0 Å². The predicted molar refractivity (Wildman–Crippen MR) is 69.4 cm³/mol. The fourth-order valence-electron chi connectivity index (χ4n) is 0.866. The van der Waals surface area contributed by atoms with E-state index in [2.05, 4.69) is 0 Å². The van der Waals surface area contributed by atoms with E-state index in [-0.39, 0.29) is 22.5 Å². The van der Waals surface area contributed by atoms with E-state index in [4.69, 9.17) is 0 Å². The van der Waals surface area contributed by atoms with Crippen molar-refractivity contribution in [1.29, 1.82) is 0 Å². The molecule has 2 heteroatoms. The highest BCUT2D eigenvalue weighted by atomic mass is 16.1. The van der Waals surface area contributed by atoms with E-state index in [0.29, 0.717) is 5.78 Å². The fraction of sp³-hybridized carbons (Fsp3) is 0.857. The van der Waals surface area contributed by atoms with Crippen LogP contribution >= 0.6 is 0 Å². The Hall–Kier alpha value is -0.660. The molecule has 96 valence electrons. The van der Waals surface area contributed by atoms with Gasteiger partial charge in [-0.2, -0.15) is 0 Å². The maximum atomic E-state index is 11.2. The standard InChI is InChI=1S/C8H16O.C6H12O/c1-6(2)7(9)8(3,4)5;1-5(7)6(2,3)4/h6H,1-5H3;1-4H3. The average Bonchev–Trinajstić information content (AvgIpc) is 2.00. The van der Waals surface area contributed by atoms with Crippen LogP contribution in [0.15, 0.2) is 0 Å². The van der Waals surface area contributed by atoms with E-state index < -0.39 is 0 Å². The van der Waals surface area contributed by atoms with Gasteiger partial charge in [0.2, 0.25) is 0 Å². The van der Waals surface area contributed by atoms with Crippen LogP contribution in [0.2, 0.25) is 0 Å². The van der Waals surface area contributed by atoms with Crippen molar-refractivity contribution >= 4 is 11.6 Å². The van der Waals surface area contributed by atoms with Crippen LogP contribution < -0.4 is 0 Å². The van der Waals surface area contributed by atoms with Crippen molar-refractivity contribution < 1.29 is 9.59 Å². The zero-order chi connectivity index (χ0) is 13.7. The topological polar surface area (TPSA) is 34.1 Å². The van der Waals surface area contributed by atoms with Crippen molar-refractivity contribution in [2.75, 3.05) is 0 Å². The second-order valence-corrected chi connectivity index (χ2v) is 6.58. The van der Waals surface area contributed by atoms with Gasteiger partial charge in [-0.05, 0) is 6.92 Å². The molecule has 0 aromatic rings. The monoisotopic (exact) mass is 228 g/mol. The summed E-state index contributed by atoms with van der Waals surface area (Å²) in [6.45, 7) is 17.1. The van der Waals surface area contributed by atoms with E-state index in [1.54, 1.807) is 6.92 Å². The summed E-state index contributed by atoms with van der Waals surface area (Å²) in [6.07, 6.45) is 0. The van der Waals surface area contributed by atoms with Crippen LogP contribution in [0.5, 0.6) is 0 Å². The van der Waals surface area contributed by atoms with Gasteiger partial charge in [-0.15, -0.1) is 0 Å². The quantitative estimate of drug-likeness (QED) is 0.682. The van der Waals surface area contributed by atoms with Gasteiger partial charge in [0, 0.05) is 16.7 Å². The van der Waals surface area contributed by atoms with Crippen molar-refractivity contribution in [2.45, 2.75) is 62.3 Å². The molecule has 0 fully saturated rings. The average molecular weight is 228 g/mol. The first-order valence-electron chi connectivity index (χ1n) is 5.85. The van der Waals surface area contributed by atoms with Gasteiger partial charge in [-0.3, -0.25) is 9.59 Å². The summed E-state index contributed by atoms with van der Waals surface area (Å²) in [7, 11) is 0. The molecule has 0 atom stereocenters. The SMILES string of the molecule is CC(=O)C(C)(C)C.CC(C)C(=O)C(C)(C)C. The molecule has 0 amide bonds. The molecule has 2 nitrogen and oxygen atoms in total. The lowest BCUT2D eigenvalue weighted by molar-refractivity contribution is -0.129. The normalized spacial score (nSPS) is 11.9. The number of hydrogen-bond acceptors (Lipinski definition) is 2. The number of carbonyl (C=O) groups is 2. The second kappa shape index (κ2) is 6.17. The molecule has 0 aromatic heterocycles. The first-order valence-corrected chi connectivity index (χ1v) is 5.85. The second-order valence-electron chi connectivity index (χ2n) is 6.58. The summed E-state index contributed by atoms with van der Waals surface area (Å²) >= 11 is 0. The first kappa shape index (κ1) is 17.7. The molecule has 0 aliphatic carbocycles. The lowest BCUT2D eigenvalue weighted by Gasteiger charge is -2.18. The smallest absolute Gasteiger partial charge is 0.140 e. The van der Waals surface area contributed by atoms with Crippen LogP contribution in [0.1, 0.15) is 62.3 Å². The molecule has 0 heterocycles. The Balaban J connectivity index is 0. The minimum absolute atomic E-state index is 0.139. The Morgan fingerprint density at radius 3 is 1.06 bits per heavy atom. The fourth-order valence-corrected chi connectivity index (χ4v) is 0.866. The van der Waals surface area contributed by atoms with Crippen molar-refractivity contribution in [2.24, 2.45) is 16.7 Å². The molecule has 16 heavy (non-hydrogen) atoms. The summed E-state index contributed by atoms with van der Waals surface area (Å²) < 4.78 is 0. The summed E-state index contributed by atoms with van der Waals surface area (Å²) in [5.41, 5.74) is -0.297. The third kappa shape index (κ3) is 8.63. The Morgan fingerprint density at radius 2 is 1.06 bits per heavy atom. The van der Waals surface area contributed by atoms with Gasteiger partial charge < -0.3 is 0 Å².